The Bertz CT molecular complexity index is 1060. The molecule has 0 aromatic carbocycles. The molecule has 8 heteroatoms. The van der Waals surface area contributed by atoms with Gasteiger partial charge in [-0.05, 0) is 61.8 Å². The van der Waals surface area contributed by atoms with Gasteiger partial charge in [0.1, 0.15) is 12.2 Å². The fourth-order valence-electron chi connectivity index (χ4n) is 7.28. The average molecular weight is 393 g/mol. The first-order valence-electron chi connectivity index (χ1n) is 10.3. The largest absolute Gasteiger partial charge is 0.481 e. The molecule has 0 spiro atoms. The number of hydrazine groups is 1. The van der Waals surface area contributed by atoms with Gasteiger partial charge < -0.3 is 9.67 Å². The molecule has 150 valence electrons. The monoisotopic (exact) mass is 393 g/mol. The Balaban J connectivity index is 1.45. The lowest BCUT2D eigenvalue weighted by Crippen LogP contribution is -2.56. The molecule has 3 heterocycles. The Hall–Kier alpha value is -2.63. The van der Waals surface area contributed by atoms with Crippen LogP contribution < -0.4 is 5.43 Å². The van der Waals surface area contributed by atoms with Crippen molar-refractivity contribution in [3.63, 3.8) is 0 Å². The molecular weight excluding hydrogens is 370 g/mol. The number of fused-ring (bicyclic) bond motifs is 3. The second-order valence-corrected chi connectivity index (χ2v) is 9.46. The molecule has 2 aromatic rings. The van der Waals surface area contributed by atoms with Gasteiger partial charge in [-0.15, -0.1) is 0 Å². The van der Waals surface area contributed by atoms with Gasteiger partial charge in [-0.25, -0.2) is 4.98 Å². The molecule has 5 aliphatic rings. The molecule has 1 aliphatic heterocycles. The van der Waals surface area contributed by atoms with Gasteiger partial charge in [0, 0.05) is 17.1 Å². The van der Waals surface area contributed by atoms with E-state index in [9.17, 15) is 15.1 Å². The van der Waals surface area contributed by atoms with E-state index in [4.69, 9.17) is 5.26 Å². The number of hydroxylamine groups is 1. The van der Waals surface area contributed by atoms with Gasteiger partial charge in [0.15, 0.2) is 0 Å². The molecule has 3 atom stereocenters. The zero-order valence-corrected chi connectivity index (χ0v) is 16.0. The number of nitriles is 1. The fourth-order valence-corrected chi connectivity index (χ4v) is 7.28. The predicted octanol–water partition coefficient (Wildman–Crippen LogP) is 3.16. The van der Waals surface area contributed by atoms with Crippen molar-refractivity contribution in [3.05, 3.63) is 24.0 Å². The Morgan fingerprint density at radius 3 is 2.79 bits per heavy atom. The van der Waals surface area contributed by atoms with Gasteiger partial charge >= 0.3 is 5.97 Å². The van der Waals surface area contributed by atoms with Crippen LogP contribution in [-0.4, -0.2) is 31.0 Å². The summed E-state index contributed by atoms with van der Waals surface area (Å²) in [5.41, 5.74) is 5.06. The SMILES string of the molecule is N#CCn1ccc2c3c(cnc21)NN(O)C3C1C2CC3CC1CC(C(=O)O)(C3)C2. The number of pyridine rings is 1. The second kappa shape index (κ2) is 5.71. The molecule has 4 bridgehead atoms. The molecule has 7 rings (SSSR count). The lowest BCUT2D eigenvalue weighted by Gasteiger charge is -2.59. The van der Waals surface area contributed by atoms with Crippen LogP contribution in [0.3, 0.4) is 0 Å². The van der Waals surface area contributed by atoms with Crippen molar-refractivity contribution in [2.75, 3.05) is 5.43 Å². The van der Waals surface area contributed by atoms with Gasteiger partial charge in [0.2, 0.25) is 0 Å². The molecule has 29 heavy (non-hydrogen) atoms. The number of hydrogen-bond acceptors (Lipinski definition) is 6. The number of nitrogens with zero attached hydrogens (tertiary/aromatic N) is 4. The van der Waals surface area contributed by atoms with E-state index < -0.39 is 11.4 Å². The smallest absolute Gasteiger partial charge is 0.309 e. The van der Waals surface area contributed by atoms with Gasteiger partial charge in [0.05, 0.1) is 29.4 Å². The number of anilines is 1. The Kier molecular flexibility index (Phi) is 3.40. The molecule has 3 unspecified atom stereocenters. The van der Waals surface area contributed by atoms with Crippen LogP contribution in [0.4, 0.5) is 5.69 Å². The third kappa shape index (κ3) is 2.20. The lowest BCUT2D eigenvalue weighted by atomic mass is 9.45. The van der Waals surface area contributed by atoms with Crippen molar-refractivity contribution >= 4 is 22.7 Å². The first-order chi connectivity index (χ1) is 14.0. The molecule has 8 nitrogen and oxygen atoms in total. The van der Waals surface area contributed by atoms with Crippen LogP contribution in [0.15, 0.2) is 18.5 Å². The minimum atomic E-state index is -0.638. The Morgan fingerprint density at radius 2 is 2.10 bits per heavy atom. The predicted molar refractivity (Wildman–Crippen MR) is 102 cm³/mol. The number of carboxylic acid groups (broad SMARTS) is 1. The summed E-state index contributed by atoms with van der Waals surface area (Å²) in [7, 11) is 0. The number of aromatic nitrogens is 2. The van der Waals surface area contributed by atoms with Gasteiger partial charge in [-0.2, -0.15) is 5.26 Å². The van der Waals surface area contributed by atoms with E-state index in [1.54, 1.807) is 6.20 Å². The minimum Gasteiger partial charge on any atom is -0.481 e. The van der Waals surface area contributed by atoms with Crippen LogP contribution >= 0.6 is 0 Å². The zero-order chi connectivity index (χ0) is 19.9. The molecule has 2 aromatic heterocycles. The van der Waals surface area contributed by atoms with Crippen molar-refractivity contribution in [2.45, 2.75) is 44.7 Å². The summed E-state index contributed by atoms with van der Waals surface area (Å²) in [5, 5.41) is 32.0. The first kappa shape index (κ1) is 17.2. The maximum atomic E-state index is 12.1. The molecule has 0 amide bonds. The quantitative estimate of drug-likeness (QED) is 0.734. The summed E-state index contributed by atoms with van der Waals surface area (Å²) in [4.78, 5) is 16.6. The molecular formula is C21H23N5O3. The van der Waals surface area contributed by atoms with Gasteiger partial charge in [-0.1, -0.05) is 5.17 Å². The van der Waals surface area contributed by atoms with Crippen molar-refractivity contribution < 1.29 is 15.1 Å². The molecule has 4 fully saturated rings. The maximum absolute atomic E-state index is 12.1. The standard InChI is InChI=1S/C21H23N5O3/c22-2-4-25-3-1-14-17-15(10-23-19(14)25)24-26(29)18(17)16-12-5-11-6-13(16)9-21(7-11,8-12)20(27)28/h1,3,10-13,16,18,24,29H,4-9H2,(H,27,28). The van der Waals surface area contributed by atoms with E-state index in [1.165, 1.54) is 5.17 Å². The highest BCUT2D eigenvalue weighted by molar-refractivity contribution is 5.87. The van der Waals surface area contributed by atoms with Gasteiger partial charge in [0.25, 0.3) is 0 Å². The summed E-state index contributed by atoms with van der Waals surface area (Å²) in [6, 6.07) is 3.91. The highest BCUT2D eigenvalue weighted by Crippen LogP contribution is 2.66. The molecule has 0 saturated heterocycles. The van der Waals surface area contributed by atoms with Crippen LogP contribution in [0.2, 0.25) is 0 Å². The normalized spacial score (nSPS) is 37.4. The Morgan fingerprint density at radius 1 is 1.34 bits per heavy atom. The van der Waals surface area contributed by atoms with Crippen molar-refractivity contribution in [1.82, 2.24) is 14.7 Å². The van der Waals surface area contributed by atoms with E-state index >= 15 is 0 Å². The number of rotatable bonds is 3. The first-order valence-corrected chi connectivity index (χ1v) is 10.3. The molecule has 0 radical (unpaired) electrons. The van der Waals surface area contributed by atoms with Crippen molar-refractivity contribution in [2.24, 2.45) is 29.1 Å². The number of carboxylic acids is 1. The maximum Gasteiger partial charge on any atom is 0.309 e. The summed E-state index contributed by atoms with van der Waals surface area (Å²) in [6.07, 6.45) is 7.94. The van der Waals surface area contributed by atoms with E-state index in [0.29, 0.717) is 30.6 Å². The summed E-state index contributed by atoms with van der Waals surface area (Å²) >= 11 is 0. The van der Waals surface area contributed by atoms with Crippen LogP contribution in [0.25, 0.3) is 11.0 Å². The number of nitrogens with one attached hydrogen (secondary N) is 1. The van der Waals surface area contributed by atoms with E-state index in [-0.39, 0.29) is 18.5 Å². The number of aliphatic carboxylic acids is 1. The fraction of sp³-hybridized carbons (Fsp3) is 0.571. The van der Waals surface area contributed by atoms with Crippen LogP contribution in [0.1, 0.15) is 43.7 Å². The summed E-state index contributed by atoms with van der Waals surface area (Å²) in [5.74, 6) is 0.669. The Labute approximate surface area is 167 Å². The van der Waals surface area contributed by atoms with Crippen molar-refractivity contribution in [1.29, 1.82) is 5.26 Å². The van der Waals surface area contributed by atoms with Crippen molar-refractivity contribution in [3.8, 4) is 6.07 Å². The number of carbonyl (C=O) groups is 1. The summed E-state index contributed by atoms with van der Waals surface area (Å²) < 4.78 is 1.82. The second-order valence-electron chi connectivity index (χ2n) is 9.46. The zero-order valence-electron chi connectivity index (χ0n) is 16.0. The summed E-state index contributed by atoms with van der Waals surface area (Å²) in [6.45, 7) is 0.230. The molecule has 4 aliphatic carbocycles. The van der Waals surface area contributed by atoms with Crippen LogP contribution in [-0.2, 0) is 11.3 Å². The topological polar surface area (TPSA) is 114 Å². The third-order valence-corrected chi connectivity index (χ3v) is 8.03. The van der Waals surface area contributed by atoms with Crippen LogP contribution in [0, 0.1) is 40.4 Å². The van der Waals surface area contributed by atoms with E-state index in [0.717, 1.165) is 41.5 Å². The van der Waals surface area contributed by atoms with E-state index in [1.807, 2.05) is 16.8 Å². The minimum absolute atomic E-state index is 0.211. The third-order valence-electron chi connectivity index (χ3n) is 8.03. The lowest BCUT2D eigenvalue weighted by molar-refractivity contribution is -0.190. The molecule has 3 N–H and O–H groups in total. The average Bonchev–Trinajstić information content (AvgIpc) is 3.22. The van der Waals surface area contributed by atoms with Crippen LogP contribution in [0.5, 0.6) is 0 Å². The van der Waals surface area contributed by atoms with E-state index in [2.05, 4.69) is 16.5 Å². The van der Waals surface area contributed by atoms with Gasteiger partial charge in [-0.3, -0.25) is 15.4 Å². The highest BCUT2D eigenvalue weighted by atomic mass is 16.5. The molecule has 4 saturated carbocycles. The number of hydrogen-bond donors (Lipinski definition) is 3. The highest BCUT2D eigenvalue weighted by Gasteiger charge is 2.61.